The van der Waals surface area contributed by atoms with Crippen molar-refractivity contribution in [3.63, 3.8) is 0 Å². The molecule has 29 heavy (non-hydrogen) atoms. The molecule has 3 rings (SSSR count). The van der Waals surface area contributed by atoms with Crippen molar-refractivity contribution in [2.75, 3.05) is 39.3 Å². The summed E-state index contributed by atoms with van der Waals surface area (Å²) in [7, 11) is -3.90. The van der Waals surface area contributed by atoms with E-state index in [0.717, 1.165) is 24.1 Å². The highest BCUT2D eigenvalue weighted by Crippen LogP contribution is 2.19. The number of hydrogen-bond donors (Lipinski definition) is 1. The van der Waals surface area contributed by atoms with Crippen molar-refractivity contribution in [2.45, 2.75) is 11.3 Å². The van der Waals surface area contributed by atoms with Crippen LogP contribution in [0.4, 0.5) is 8.78 Å². The average molecular weight is 423 g/mol. The minimum Gasteiger partial charge on any atom is -0.355 e. The molecule has 0 aromatic heterocycles. The number of amides is 1. The molecular weight excluding hydrogens is 400 g/mol. The summed E-state index contributed by atoms with van der Waals surface area (Å²) >= 11 is 0. The van der Waals surface area contributed by atoms with Gasteiger partial charge in [0.25, 0.3) is 0 Å². The van der Waals surface area contributed by atoms with E-state index < -0.39 is 21.7 Å². The molecule has 2 aromatic carbocycles. The molecule has 0 bridgehead atoms. The first-order chi connectivity index (χ1) is 13.9. The molecule has 0 radical (unpaired) electrons. The smallest absolute Gasteiger partial charge is 0.243 e. The van der Waals surface area contributed by atoms with Crippen LogP contribution in [0.5, 0.6) is 0 Å². The number of hydrogen-bond acceptors (Lipinski definition) is 4. The quantitative estimate of drug-likeness (QED) is 0.735. The van der Waals surface area contributed by atoms with Crippen LogP contribution in [0.3, 0.4) is 0 Å². The van der Waals surface area contributed by atoms with E-state index in [1.807, 2.05) is 35.2 Å². The Balaban J connectivity index is 1.46. The normalized spacial score (nSPS) is 15.9. The fraction of sp³-hybridized carbons (Fsp3) is 0.350. The lowest BCUT2D eigenvalue weighted by molar-refractivity contribution is -0.122. The van der Waals surface area contributed by atoms with E-state index in [2.05, 4.69) is 5.32 Å². The van der Waals surface area contributed by atoms with Crippen LogP contribution in [0.1, 0.15) is 5.56 Å². The molecule has 1 saturated heterocycles. The Morgan fingerprint density at radius 2 is 1.66 bits per heavy atom. The summed E-state index contributed by atoms with van der Waals surface area (Å²) in [5.41, 5.74) is 1.14. The second kappa shape index (κ2) is 9.43. The number of carbonyl (C=O) groups excluding carboxylic acids is 1. The fourth-order valence-electron chi connectivity index (χ4n) is 3.16. The lowest BCUT2D eigenvalue weighted by Crippen LogP contribution is -2.51. The second-order valence-corrected chi connectivity index (χ2v) is 8.78. The van der Waals surface area contributed by atoms with E-state index in [1.165, 1.54) is 4.31 Å². The third-order valence-electron chi connectivity index (χ3n) is 4.81. The first kappa shape index (κ1) is 21.4. The van der Waals surface area contributed by atoms with Crippen molar-refractivity contribution in [1.29, 1.82) is 0 Å². The summed E-state index contributed by atoms with van der Waals surface area (Å²) in [6.45, 7) is 1.85. The summed E-state index contributed by atoms with van der Waals surface area (Å²) in [6, 6.07) is 12.4. The molecule has 0 spiro atoms. The Morgan fingerprint density at radius 1 is 0.966 bits per heavy atom. The summed E-state index contributed by atoms with van der Waals surface area (Å²) in [5, 5.41) is 2.87. The summed E-state index contributed by atoms with van der Waals surface area (Å²) in [6.07, 6.45) is 0.743. The molecule has 1 aliphatic heterocycles. The van der Waals surface area contributed by atoms with Gasteiger partial charge < -0.3 is 5.32 Å². The van der Waals surface area contributed by atoms with Gasteiger partial charge in [0.05, 0.1) is 11.4 Å². The second-order valence-electron chi connectivity index (χ2n) is 6.84. The van der Waals surface area contributed by atoms with Crippen molar-refractivity contribution in [1.82, 2.24) is 14.5 Å². The number of halogens is 2. The van der Waals surface area contributed by atoms with Crippen molar-refractivity contribution in [3.05, 3.63) is 65.7 Å². The monoisotopic (exact) mass is 423 g/mol. The number of nitrogens with one attached hydrogen (secondary N) is 1. The molecule has 1 fully saturated rings. The van der Waals surface area contributed by atoms with E-state index in [0.29, 0.717) is 25.7 Å². The van der Waals surface area contributed by atoms with Crippen molar-refractivity contribution in [3.8, 4) is 0 Å². The van der Waals surface area contributed by atoms with Crippen LogP contribution in [0.2, 0.25) is 0 Å². The zero-order valence-corrected chi connectivity index (χ0v) is 16.7. The Labute approximate surface area is 169 Å². The topological polar surface area (TPSA) is 69.7 Å². The molecule has 0 saturated carbocycles. The molecule has 0 atom stereocenters. The van der Waals surface area contributed by atoms with Gasteiger partial charge >= 0.3 is 0 Å². The number of nitrogens with zero attached hydrogens (tertiary/aromatic N) is 2. The Bertz CT molecular complexity index is 947. The van der Waals surface area contributed by atoms with Gasteiger partial charge in [-0.2, -0.15) is 4.31 Å². The first-order valence-electron chi connectivity index (χ1n) is 9.34. The van der Waals surface area contributed by atoms with Gasteiger partial charge in [-0.3, -0.25) is 9.69 Å². The SMILES string of the molecule is O=C(CN1CCN(S(=O)(=O)c2ccc(F)c(F)c2)CC1)NCCc1ccccc1. The van der Waals surface area contributed by atoms with Gasteiger partial charge in [-0.25, -0.2) is 17.2 Å². The van der Waals surface area contributed by atoms with Crippen LogP contribution in [0, 0.1) is 11.6 Å². The lowest BCUT2D eigenvalue weighted by atomic mass is 10.1. The van der Waals surface area contributed by atoms with Crippen LogP contribution >= 0.6 is 0 Å². The van der Waals surface area contributed by atoms with E-state index in [9.17, 15) is 22.0 Å². The van der Waals surface area contributed by atoms with Gasteiger partial charge in [0.1, 0.15) is 0 Å². The highest BCUT2D eigenvalue weighted by atomic mass is 32.2. The summed E-state index contributed by atoms with van der Waals surface area (Å²) in [5.74, 6) is -2.40. The van der Waals surface area contributed by atoms with Crippen LogP contribution in [-0.2, 0) is 21.2 Å². The van der Waals surface area contributed by atoms with E-state index >= 15 is 0 Å². The molecule has 1 amide bonds. The van der Waals surface area contributed by atoms with Gasteiger partial charge in [0.15, 0.2) is 11.6 Å². The Kier molecular flexibility index (Phi) is 6.94. The van der Waals surface area contributed by atoms with Crippen molar-refractivity contribution in [2.24, 2.45) is 0 Å². The van der Waals surface area contributed by atoms with Crippen LogP contribution in [-0.4, -0.2) is 62.8 Å². The molecule has 0 unspecified atom stereocenters. The third kappa shape index (κ3) is 5.59. The van der Waals surface area contributed by atoms with Gasteiger partial charge in [0.2, 0.25) is 15.9 Å². The summed E-state index contributed by atoms with van der Waals surface area (Å²) < 4.78 is 52.9. The maximum Gasteiger partial charge on any atom is 0.243 e. The van der Waals surface area contributed by atoms with E-state index in [1.54, 1.807) is 0 Å². The predicted octanol–water partition coefficient (Wildman–Crippen LogP) is 1.63. The van der Waals surface area contributed by atoms with Crippen molar-refractivity contribution >= 4 is 15.9 Å². The van der Waals surface area contributed by atoms with Gasteiger partial charge in [-0.05, 0) is 30.2 Å². The van der Waals surface area contributed by atoms with Crippen LogP contribution < -0.4 is 5.32 Å². The van der Waals surface area contributed by atoms with Gasteiger partial charge in [-0.1, -0.05) is 30.3 Å². The van der Waals surface area contributed by atoms with E-state index in [4.69, 9.17) is 0 Å². The highest BCUT2D eigenvalue weighted by molar-refractivity contribution is 7.89. The van der Waals surface area contributed by atoms with Crippen LogP contribution in [0.15, 0.2) is 53.4 Å². The Hall–Kier alpha value is -2.36. The molecule has 2 aromatic rings. The molecule has 156 valence electrons. The van der Waals surface area contributed by atoms with Gasteiger partial charge in [0, 0.05) is 32.7 Å². The number of benzene rings is 2. The number of carbonyl (C=O) groups is 1. The molecule has 1 aliphatic rings. The van der Waals surface area contributed by atoms with Crippen molar-refractivity contribution < 1.29 is 22.0 Å². The fourth-order valence-corrected chi connectivity index (χ4v) is 4.60. The number of piperazine rings is 1. The largest absolute Gasteiger partial charge is 0.355 e. The molecule has 6 nitrogen and oxygen atoms in total. The third-order valence-corrected chi connectivity index (χ3v) is 6.70. The Morgan fingerprint density at radius 3 is 2.31 bits per heavy atom. The maximum absolute atomic E-state index is 13.4. The standard InChI is InChI=1S/C20H23F2N3O3S/c21-18-7-6-17(14-19(18)22)29(27,28)25-12-10-24(11-13-25)15-20(26)23-9-8-16-4-2-1-3-5-16/h1-7,14H,8-13,15H2,(H,23,26). The zero-order chi connectivity index (χ0) is 20.9. The number of sulfonamides is 1. The molecule has 9 heteroatoms. The van der Waals surface area contributed by atoms with E-state index in [-0.39, 0.29) is 30.4 Å². The molecular formula is C20H23F2N3O3S. The average Bonchev–Trinajstić information content (AvgIpc) is 2.71. The zero-order valence-electron chi connectivity index (χ0n) is 15.9. The molecule has 1 N–H and O–H groups in total. The van der Waals surface area contributed by atoms with Crippen LogP contribution in [0.25, 0.3) is 0 Å². The lowest BCUT2D eigenvalue weighted by Gasteiger charge is -2.33. The molecule has 0 aliphatic carbocycles. The maximum atomic E-state index is 13.4. The first-order valence-corrected chi connectivity index (χ1v) is 10.8. The molecule has 1 heterocycles. The predicted molar refractivity (Wildman–Crippen MR) is 105 cm³/mol. The minimum atomic E-state index is -3.90. The highest BCUT2D eigenvalue weighted by Gasteiger charge is 2.29. The number of rotatable bonds is 7. The minimum absolute atomic E-state index is 0.113. The summed E-state index contributed by atoms with van der Waals surface area (Å²) in [4.78, 5) is 13.7. The van der Waals surface area contributed by atoms with Gasteiger partial charge in [-0.15, -0.1) is 0 Å².